The van der Waals surface area contributed by atoms with Crippen LogP contribution in [0.4, 0.5) is 0 Å². The standard InChI is InChI=1S/C11H17N5S2/c1-9(2)12-4-5-16-11(13-14-15-16)18-8-10-3-6-17-7-10/h3,6-7,9,12H,4-5,8H2,1-2H3. The van der Waals surface area contributed by atoms with Crippen LogP contribution in [0.5, 0.6) is 0 Å². The van der Waals surface area contributed by atoms with Gasteiger partial charge in [-0.05, 0) is 32.8 Å². The number of nitrogens with zero attached hydrogens (tertiary/aromatic N) is 4. The Morgan fingerprint density at radius 3 is 3.11 bits per heavy atom. The molecule has 2 aromatic rings. The lowest BCUT2D eigenvalue weighted by Gasteiger charge is -2.08. The van der Waals surface area contributed by atoms with Crippen LogP contribution in [-0.4, -0.2) is 32.8 Å². The number of thiophene rings is 1. The second-order valence-electron chi connectivity index (χ2n) is 4.21. The third-order valence-electron chi connectivity index (χ3n) is 2.32. The van der Waals surface area contributed by atoms with Crippen LogP contribution in [0, 0.1) is 0 Å². The number of hydrogen-bond donors (Lipinski definition) is 1. The summed E-state index contributed by atoms with van der Waals surface area (Å²) in [5, 5.41) is 20.3. The van der Waals surface area contributed by atoms with Crippen molar-refractivity contribution in [2.24, 2.45) is 0 Å². The smallest absolute Gasteiger partial charge is 0.209 e. The van der Waals surface area contributed by atoms with Crippen LogP contribution in [0.1, 0.15) is 19.4 Å². The Kier molecular flexibility index (Phi) is 5.15. The van der Waals surface area contributed by atoms with Gasteiger partial charge in [-0.15, -0.1) is 5.10 Å². The molecule has 0 unspecified atom stereocenters. The molecule has 0 aliphatic carbocycles. The van der Waals surface area contributed by atoms with Crippen LogP contribution in [0.2, 0.25) is 0 Å². The molecule has 0 aliphatic heterocycles. The molecule has 0 saturated carbocycles. The van der Waals surface area contributed by atoms with Crippen molar-refractivity contribution in [1.29, 1.82) is 0 Å². The molecule has 2 rings (SSSR count). The molecule has 2 heterocycles. The molecule has 0 radical (unpaired) electrons. The fourth-order valence-corrected chi connectivity index (χ4v) is 3.04. The minimum absolute atomic E-state index is 0.489. The van der Waals surface area contributed by atoms with Gasteiger partial charge in [0.2, 0.25) is 5.16 Å². The van der Waals surface area contributed by atoms with Crippen molar-refractivity contribution in [1.82, 2.24) is 25.5 Å². The molecular formula is C11H17N5S2. The summed E-state index contributed by atoms with van der Waals surface area (Å²) in [6.45, 7) is 5.95. The third-order valence-corrected chi connectivity index (χ3v) is 4.08. The first-order chi connectivity index (χ1) is 8.75. The second kappa shape index (κ2) is 6.86. The molecule has 1 N–H and O–H groups in total. The number of hydrogen-bond acceptors (Lipinski definition) is 6. The third kappa shape index (κ3) is 4.08. The van der Waals surface area contributed by atoms with E-state index in [1.54, 1.807) is 23.1 Å². The van der Waals surface area contributed by atoms with Gasteiger partial charge in [0, 0.05) is 18.3 Å². The van der Waals surface area contributed by atoms with Crippen molar-refractivity contribution >= 4 is 23.1 Å². The summed E-state index contributed by atoms with van der Waals surface area (Å²) in [4.78, 5) is 0. The van der Waals surface area contributed by atoms with Gasteiger partial charge in [-0.3, -0.25) is 0 Å². The summed E-state index contributed by atoms with van der Waals surface area (Å²) in [5.41, 5.74) is 1.32. The van der Waals surface area contributed by atoms with Gasteiger partial charge in [-0.1, -0.05) is 25.6 Å². The Morgan fingerprint density at radius 1 is 1.50 bits per heavy atom. The number of tetrazole rings is 1. The van der Waals surface area contributed by atoms with Gasteiger partial charge < -0.3 is 5.32 Å². The maximum Gasteiger partial charge on any atom is 0.209 e. The molecule has 0 bridgehead atoms. The first-order valence-corrected chi connectivity index (χ1v) is 7.82. The van der Waals surface area contributed by atoms with Crippen molar-refractivity contribution < 1.29 is 0 Å². The van der Waals surface area contributed by atoms with Crippen molar-refractivity contribution in [2.75, 3.05) is 6.54 Å². The van der Waals surface area contributed by atoms with Crippen LogP contribution in [0.25, 0.3) is 0 Å². The zero-order chi connectivity index (χ0) is 12.8. The molecule has 2 aromatic heterocycles. The maximum atomic E-state index is 4.05. The molecule has 0 fully saturated rings. The summed E-state index contributed by atoms with van der Waals surface area (Å²) in [5.74, 6) is 0.918. The number of thioether (sulfide) groups is 1. The van der Waals surface area contributed by atoms with E-state index < -0.39 is 0 Å². The van der Waals surface area contributed by atoms with Crippen LogP contribution in [0.15, 0.2) is 22.0 Å². The Labute approximate surface area is 115 Å². The monoisotopic (exact) mass is 283 g/mol. The predicted octanol–water partition coefficient (Wildman–Crippen LogP) is 2.02. The van der Waals surface area contributed by atoms with E-state index in [4.69, 9.17) is 0 Å². The van der Waals surface area contributed by atoms with Crippen molar-refractivity contribution in [3.63, 3.8) is 0 Å². The van der Waals surface area contributed by atoms with Gasteiger partial charge in [-0.2, -0.15) is 11.3 Å². The van der Waals surface area contributed by atoms with E-state index in [2.05, 4.69) is 51.5 Å². The van der Waals surface area contributed by atoms with Crippen molar-refractivity contribution in [2.45, 2.75) is 37.3 Å². The average Bonchev–Trinajstić information content (AvgIpc) is 2.96. The van der Waals surface area contributed by atoms with Gasteiger partial charge in [0.1, 0.15) is 0 Å². The topological polar surface area (TPSA) is 55.6 Å². The zero-order valence-electron chi connectivity index (χ0n) is 10.5. The van der Waals surface area contributed by atoms with Gasteiger partial charge in [0.15, 0.2) is 0 Å². The minimum Gasteiger partial charge on any atom is -0.313 e. The van der Waals surface area contributed by atoms with Gasteiger partial charge in [0.05, 0.1) is 6.54 Å². The molecule has 0 atom stereocenters. The molecule has 7 heteroatoms. The molecule has 18 heavy (non-hydrogen) atoms. The molecule has 0 spiro atoms. The summed E-state index contributed by atoms with van der Waals surface area (Å²) in [6, 6.07) is 2.62. The second-order valence-corrected chi connectivity index (χ2v) is 5.94. The van der Waals surface area contributed by atoms with E-state index in [9.17, 15) is 0 Å². The largest absolute Gasteiger partial charge is 0.313 e. The first kappa shape index (κ1) is 13.5. The summed E-state index contributed by atoms with van der Waals surface area (Å²) in [6.07, 6.45) is 0. The normalized spacial score (nSPS) is 11.3. The fourth-order valence-electron chi connectivity index (χ4n) is 1.42. The number of nitrogens with one attached hydrogen (secondary N) is 1. The predicted molar refractivity (Wildman–Crippen MR) is 74.8 cm³/mol. The quantitative estimate of drug-likeness (QED) is 0.788. The summed E-state index contributed by atoms with van der Waals surface area (Å²) >= 11 is 3.39. The lowest BCUT2D eigenvalue weighted by atomic mass is 10.4. The van der Waals surface area contributed by atoms with E-state index in [0.717, 1.165) is 24.0 Å². The highest BCUT2D eigenvalue weighted by molar-refractivity contribution is 7.98. The molecule has 0 amide bonds. The number of rotatable bonds is 7. The lowest BCUT2D eigenvalue weighted by molar-refractivity contribution is 0.485. The summed E-state index contributed by atoms with van der Waals surface area (Å²) < 4.78 is 1.85. The fraction of sp³-hybridized carbons (Fsp3) is 0.545. The van der Waals surface area contributed by atoms with E-state index in [1.807, 2.05) is 4.68 Å². The average molecular weight is 283 g/mol. The van der Waals surface area contributed by atoms with E-state index in [-0.39, 0.29) is 0 Å². The van der Waals surface area contributed by atoms with Crippen LogP contribution in [-0.2, 0) is 12.3 Å². The maximum absolute atomic E-state index is 4.05. The van der Waals surface area contributed by atoms with Crippen molar-refractivity contribution in [3.8, 4) is 0 Å². The molecular weight excluding hydrogens is 266 g/mol. The van der Waals surface area contributed by atoms with E-state index >= 15 is 0 Å². The van der Waals surface area contributed by atoms with Crippen molar-refractivity contribution in [3.05, 3.63) is 22.4 Å². The van der Waals surface area contributed by atoms with Crippen LogP contribution >= 0.6 is 23.1 Å². The zero-order valence-corrected chi connectivity index (χ0v) is 12.2. The van der Waals surface area contributed by atoms with Gasteiger partial charge in [0.25, 0.3) is 0 Å². The number of aromatic nitrogens is 4. The van der Waals surface area contributed by atoms with Gasteiger partial charge >= 0.3 is 0 Å². The minimum atomic E-state index is 0.489. The highest BCUT2D eigenvalue weighted by atomic mass is 32.2. The Bertz CT molecular complexity index is 452. The molecule has 0 aliphatic rings. The van der Waals surface area contributed by atoms with E-state index in [1.165, 1.54) is 5.56 Å². The molecule has 5 nitrogen and oxygen atoms in total. The molecule has 0 aromatic carbocycles. The highest BCUT2D eigenvalue weighted by Crippen LogP contribution is 2.20. The Morgan fingerprint density at radius 2 is 2.39 bits per heavy atom. The Balaban J connectivity index is 1.83. The molecule has 98 valence electrons. The Hall–Kier alpha value is -0.920. The molecule has 0 saturated heterocycles. The van der Waals surface area contributed by atoms with Gasteiger partial charge in [-0.25, -0.2) is 4.68 Å². The van der Waals surface area contributed by atoms with Crippen LogP contribution < -0.4 is 5.32 Å². The lowest BCUT2D eigenvalue weighted by Crippen LogP contribution is -2.27. The SMILES string of the molecule is CC(C)NCCn1nnnc1SCc1ccsc1. The summed E-state index contributed by atoms with van der Waals surface area (Å²) in [7, 11) is 0. The highest BCUT2D eigenvalue weighted by Gasteiger charge is 2.07. The van der Waals surface area contributed by atoms with E-state index in [0.29, 0.717) is 6.04 Å². The van der Waals surface area contributed by atoms with Crippen LogP contribution in [0.3, 0.4) is 0 Å². The first-order valence-electron chi connectivity index (χ1n) is 5.89.